The minimum absolute atomic E-state index is 0.428. The molecule has 3 aromatic carbocycles. The number of nitrogens with zero attached hydrogens (tertiary/aromatic N) is 5. The van der Waals surface area contributed by atoms with Crippen molar-refractivity contribution in [3.63, 3.8) is 0 Å². The van der Waals surface area contributed by atoms with E-state index in [-0.39, 0.29) is 0 Å². The average Bonchev–Trinajstić information content (AvgIpc) is 3.57. The van der Waals surface area contributed by atoms with Crippen molar-refractivity contribution >= 4 is 29.4 Å². The van der Waals surface area contributed by atoms with Crippen LogP contribution in [0.4, 0.5) is 0 Å². The van der Waals surface area contributed by atoms with E-state index in [1.807, 2.05) is 109 Å². The molecule has 0 unspecified atom stereocenters. The lowest BCUT2D eigenvalue weighted by atomic mass is 10.1. The summed E-state index contributed by atoms with van der Waals surface area (Å²) < 4.78 is 7.61. The number of halogens is 1. The highest BCUT2D eigenvalue weighted by atomic mass is 35.5. The molecule has 0 saturated heterocycles. The topological polar surface area (TPSA) is 69.1 Å². The van der Waals surface area contributed by atoms with Gasteiger partial charge in [0.25, 0.3) is 0 Å². The molecule has 7 heteroatoms. The maximum atomic E-state index is 6.55. The first-order chi connectivity index (χ1) is 17.2. The van der Waals surface area contributed by atoms with Gasteiger partial charge in [0.1, 0.15) is 0 Å². The van der Waals surface area contributed by atoms with Crippen LogP contribution in [0.1, 0.15) is 11.1 Å². The highest BCUT2D eigenvalue weighted by Crippen LogP contribution is 2.28. The van der Waals surface area contributed by atoms with Crippen molar-refractivity contribution in [2.45, 2.75) is 0 Å². The van der Waals surface area contributed by atoms with Crippen molar-refractivity contribution in [2.24, 2.45) is 0 Å². The van der Waals surface area contributed by atoms with Gasteiger partial charge in [0.2, 0.25) is 11.8 Å². The first kappa shape index (κ1) is 21.0. The van der Waals surface area contributed by atoms with Crippen LogP contribution in [0, 0.1) is 0 Å². The molecule has 3 aromatic heterocycles. The summed E-state index contributed by atoms with van der Waals surface area (Å²) in [5.41, 5.74) is 5.36. The van der Waals surface area contributed by atoms with Gasteiger partial charge in [-0.25, -0.2) is 9.50 Å². The number of hydrogen-bond acceptors (Lipinski definition) is 5. The Balaban J connectivity index is 1.19. The molecule has 0 amide bonds. The third kappa shape index (κ3) is 4.35. The second-order valence-corrected chi connectivity index (χ2v) is 8.32. The second kappa shape index (κ2) is 9.00. The Bertz CT molecular complexity index is 1620. The van der Waals surface area contributed by atoms with Gasteiger partial charge in [-0.3, -0.25) is 0 Å². The lowest BCUT2D eigenvalue weighted by Crippen LogP contribution is -1.85. The van der Waals surface area contributed by atoms with Crippen LogP contribution >= 0.6 is 11.6 Å². The van der Waals surface area contributed by atoms with E-state index in [9.17, 15) is 0 Å². The molecule has 0 radical (unpaired) electrons. The first-order valence-corrected chi connectivity index (χ1v) is 11.4. The van der Waals surface area contributed by atoms with Crippen LogP contribution in [0.5, 0.6) is 0 Å². The molecule has 0 bridgehead atoms. The number of pyridine rings is 1. The zero-order valence-corrected chi connectivity index (χ0v) is 19.2. The van der Waals surface area contributed by atoms with Crippen LogP contribution in [0.3, 0.4) is 0 Å². The summed E-state index contributed by atoms with van der Waals surface area (Å²) in [5.74, 6) is 1.60. The Labute approximate surface area is 206 Å². The van der Waals surface area contributed by atoms with Gasteiger partial charge < -0.3 is 4.42 Å². The number of fused-ring (bicyclic) bond motifs is 1. The molecule has 0 fully saturated rings. The molecule has 6 aromatic rings. The van der Waals surface area contributed by atoms with Crippen LogP contribution < -0.4 is 0 Å². The summed E-state index contributed by atoms with van der Waals surface area (Å²) in [4.78, 5) is 4.57. The summed E-state index contributed by atoms with van der Waals surface area (Å²) in [5, 5.41) is 13.4. The molecule has 0 aliphatic heterocycles. The molecule has 35 heavy (non-hydrogen) atoms. The monoisotopic (exact) mass is 475 g/mol. The van der Waals surface area contributed by atoms with Crippen molar-refractivity contribution in [1.29, 1.82) is 0 Å². The number of rotatable bonds is 5. The van der Waals surface area contributed by atoms with E-state index in [0.717, 1.165) is 33.5 Å². The van der Waals surface area contributed by atoms with E-state index in [2.05, 4.69) is 20.3 Å². The molecule has 6 nitrogen and oxygen atoms in total. The highest BCUT2D eigenvalue weighted by molar-refractivity contribution is 6.32. The van der Waals surface area contributed by atoms with Crippen LogP contribution in [-0.4, -0.2) is 24.8 Å². The maximum absolute atomic E-state index is 6.55. The summed E-state index contributed by atoms with van der Waals surface area (Å²) in [7, 11) is 0. The Morgan fingerprint density at radius 1 is 0.714 bits per heavy atom. The SMILES string of the molecule is Clc1cc(-c2nnc(-c3ccccc3)o2)ccc1C=Cc1ccc(-c2nc3ccccn3n2)cc1. The molecule has 0 N–H and O–H groups in total. The molecule has 3 heterocycles. The maximum Gasteiger partial charge on any atom is 0.248 e. The Morgan fingerprint density at radius 2 is 1.46 bits per heavy atom. The number of aromatic nitrogens is 5. The van der Waals surface area contributed by atoms with E-state index in [4.69, 9.17) is 16.0 Å². The zero-order valence-electron chi connectivity index (χ0n) is 18.4. The Hall–Kier alpha value is -4.55. The third-order valence-corrected chi connectivity index (χ3v) is 5.89. The van der Waals surface area contributed by atoms with Gasteiger partial charge in [-0.2, -0.15) is 0 Å². The predicted molar refractivity (Wildman–Crippen MR) is 138 cm³/mol. The summed E-state index contributed by atoms with van der Waals surface area (Å²) in [6.07, 6.45) is 5.88. The average molecular weight is 476 g/mol. The molecular formula is C28H18ClN5O. The van der Waals surface area contributed by atoms with Crippen molar-refractivity contribution in [1.82, 2.24) is 24.8 Å². The van der Waals surface area contributed by atoms with Crippen LogP contribution in [0.25, 0.3) is 52.1 Å². The minimum Gasteiger partial charge on any atom is -0.416 e. The first-order valence-electron chi connectivity index (χ1n) is 11.0. The molecule has 0 atom stereocenters. The van der Waals surface area contributed by atoms with Gasteiger partial charge in [-0.15, -0.1) is 15.3 Å². The van der Waals surface area contributed by atoms with Gasteiger partial charge in [-0.05, 0) is 47.5 Å². The molecule has 0 saturated carbocycles. The van der Waals surface area contributed by atoms with E-state index < -0.39 is 0 Å². The van der Waals surface area contributed by atoms with Gasteiger partial charge >= 0.3 is 0 Å². The molecule has 0 aliphatic rings. The predicted octanol–water partition coefficient (Wildman–Crippen LogP) is 6.94. The van der Waals surface area contributed by atoms with Crippen molar-refractivity contribution in [3.8, 4) is 34.3 Å². The van der Waals surface area contributed by atoms with E-state index >= 15 is 0 Å². The molecule has 6 rings (SSSR count). The smallest absolute Gasteiger partial charge is 0.248 e. The normalized spacial score (nSPS) is 11.5. The van der Waals surface area contributed by atoms with Gasteiger partial charge in [0.05, 0.1) is 0 Å². The van der Waals surface area contributed by atoms with Crippen LogP contribution in [-0.2, 0) is 0 Å². The minimum atomic E-state index is 0.428. The van der Waals surface area contributed by atoms with Crippen LogP contribution in [0.15, 0.2) is 102 Å². The zero-order chi connectivity index (χ0) is 23.6. The second-order valence-electron chi connectivity index (χ2n) is 7.91. The third-order valence-electron chi connectivity index (χ3n) is 5.56. The molecule has 0 spiro atoms. The summed E-state index contributed by atoms with van der Waals surface area (Å²) in [6.45, 7) is 0. The van der Waals surface area contributed by atoms with Gasteiger partial charge in [0.15, 0.2) is 11.5 Å². The summed E-state index contributed by atoms with van der Waals surface area (Å²) in [6, 6.07) is 29.3. The van der Waals surface area contributed by atoms with Crippen molar-refractivity contribution < 1.29 is 4.42 Å². The van der Waals surface area contributed by atoms with Crippen molar-refractivity contribution in [3.05, 3.63) is 113 Å². The fourth-order valence-corrected chi connectivity index (χ4v) is 3.96. The molecule has 168 valence electrons. The quantitative estimate of drug-likeness (QED) is 0.253. The standard InChI is InChI=1S/C28H18ClN5O/c29-24-18-23(28-32-31-27(35-28)22-6-2-1-3-7-22)16-15-20(24)12-9-19-10-13-21(14-11-19)26-30-25-8-4-5-17-34(25)33-26/h1-18H. The Morgan fingerprint density at radius 3 is 2.23 bits per heavy atom. The van der Waals surface area contributed by atoms with E-state index in [0.29, 0.717) is 22.6 Å². The van der Waals surface area contributed by atoms with E-state index in [1.165, 1.54) is 0 Å². The summed E-state index contributed by atoms with van der Waals surface area (Å²) >= 11 is 6.55. The highest BCUT2D eigenvalue weighted by Gasteiger charge is 2.11. The molecule has 0 aliphatic carbocycles. The van der Waals surface area contributed by atoms with Gasteiger partial charge in [0, 0.05) is 27.9 Å². The van der Waals surface area contributed by atoms with Gasteiger partial charge in [-0.1, -0.05) is 78.4 Å². The fraction of sp³-hybridized carbons (Fsp3) is 0. The lowest BCUT2D eigenvalue weighted by molar-refractivity contribution is 0.584. The van der Waals surface area contributed by atoms with Crippen LogP contribution in [0.2, 0.25) is 5.02 Å². The molecular weight excluding hydrogens is 458 g/mol. The lowest BCUT2D eigenvalue weighted by Gasteiger charge is -2.02. The number of benzene rings is 3. The Kier molecular flexibility index (Phi) is 5.41. The number of hydrogen-bond donors (Lipinski definition) is 0. The fourth-order valence-electron chi connectivity index (χ4n) is 3.72. The largest absolute Gasteiger partial charge is 0.416 e. The van der Waals surface area contributed by atoms with Crippen molar-refractivity contribution in [2.75, 3.05) is 0 Å². The van der Waals surface area contributed by atoms with E-state index in [1.54, 1.807) is 4.52 Å².